The van der Waals surface area contributed by atoms with Crippen LogP contribution in [0.25, 0.3) is 0 Å². The van der Waals surface area contributed by atoms with Gasteiger partial charge in [0.05, 0.1) is 17.2 Å². The third kappa shape index (κ3) is 4.97. The van der Waals surface area contributed by atoms with Crippen molar-refractivity contribution in [3.8, 4) is 0 Å². The van der Waals surface area contributed by atoms with E-state index in [9.17, 15) is 27.6 Å². The summed E-state index contributed by atoms with van der Waals surface area (Å²) in [5.74, 6) is -2.66. The van der Waals surface area contributed by atoms with Crippen molar-refractivity contribution in [2.24, 2.45) is 5.92 Å². The topological polar surface area (TPSA) is 75.7 Å². The van der Waals surface area contributed by atoms with Crippen LogP contribution in [0.3, 0.4) is 0 Å². The fraction of sp³-hybridized carbons (Fsp3) is 0.286. The first-order chi connectivity index (χ1) is 14.1. The Morgan fingerprint density at radius 2 is 1.80 bits per heavy atom. The normalized spacial score (nSPS) is 16.5. The van der Waals surface area contributed by atoms with Gasteiger partial charge in [0.15, 0.2) is 6.61 Å². The Balaban J connectivity index is 1.55. The second kappa shape index (κ2) is 8.56. The number of halogens is 3. The Morgan fingerprint density at radius 1 is 1.13 bits per heavy atom. The Hall–Kier alpha value is -3.36. The summed E-state index contributed by atoms with van der Waals surface area (Å²) in [7, 11) is 0. The van der Waals surface area contributed by atoms with E-state index in [1.165, 1.54) is 17.0 Å². The minimum atomic E-state index is -4.63. The molecule has 1 aliphatic rings. The van der Waals surface area contributed by atoms with Gasteiger partial charge in [-0.3, -0.25) is 14.4 Å². The standard InChI is InChI=1S/C21H19F3N2O4/c1-13-6-8-15(9-7-13)26-11-14(10-19(26)28)20(29)30-12-18(27)25-17-5-3-2-4-16(17)21(22,23)24/h2-9,14H,10-12H2,1H3,(H,25,27). The number of anilines is 2. The summed E-state index contributed by atoms with van der Waals surface area (Å²) in [6.45, 7) is 1.27. The second-order valence-corrected chi connectivity index (χ2v) is 6.94. The van der Waals surface area contributed by atoms with Crippen molar-refractivity contribution in [1.82, 2.24) is 0 Å². The molecule has 1 aliphatic heterocycles. The van der Waals surface area contributed by atoms with Gasteiger partial charge in [-0.25, -0.2) is 0 Å². The van der Waals surface area contributed by atoms with Crippen LogP contribution in [0.4, 0.5) is 24.5 Å². The zero-order valence-corrected chi connectivity index (χ0v) is 16.0. The van der Waals surface area contributed by atoms with Crippen molar-refractivity contribution in [2.45, 2.75) is 19.5 Å². The molecule has 30 heavy (non-hydrogen) atoms. The first-order valence-electron chi connectivity index (χ1n) is 9.15. The van der Waals surface area contributed by atoms with Gasteiger partial charge in [0, 0.05) is 18.7 Å². The Kier molecular flexibility index (Phi) is 6.09. The van der Waals surface area contributed by atoms with Gasteiger partial charge in [-0.05, 0) is 31.2 Å². The minimum absolute atomic E-state index is 0.0643. The summed E-state index contributed by atoms with van der Waals surface area (Å²) in [5.41, 5.74) is 0.259. The van der Waals surface area contributed by atoms with Crippen LogP contribution < -0.4 is 10.2 Å². The van der Waals surface area contributed by atoms with Gasteiger partial charge in [0.2, 0.25) is 5.91 Å². The molecular formula is C21H19F3N2O4. The highest BCUT2D eigenvalue weighted by Crippen LogP contribution is 2.34. The molecule has 2 aromatic carbocycles. The average Bonchev–Trinajstić information content (AvgIpc) is 3.08. The summed E-state index contributed by atoms with van der Waals surface area (Å²) >= 11 is 0. The molecule has 0 spiro atoms. The molecule has 158 valence electrons. The highest BCUT2D eigenvalue weighted by atomic mass is 19.4. The van der Waals surface area contributed by atoms with Crippen LogP contribution >= 0.6 is 0 Å². The van der Waals surface area contributed by atoms with Gasteiger partial charge in [-0.2, -0.15) is 13.2 Å². The predicted octanol–water partition coefficient (Wildman–Crippen LogP) is 3.55. The Bertz CT molecular complexity index is 957. The van der Waals surface area contributed by atoms with E-state index in [0.717, 1.165) is 17.7 Å². The third-order valence-electron chi connectivity index (χ3n) is 4.66. The van der Waals surface area contributed by atoms with E-state index < -0.39 is 41.8 Å². The van der Waals surface area contributed by atoms with Crippen molar-refractivity contribution in [3.05, 3.63) is 59.7 Å². The molecule has 1 atom stereocenters. The number of hydrogen-bond donors (Lipinski definition) is 1. The number of nitrogens with zero attached hydrogens (tertiary/aromatic N) is 1. The molecule has 0 radical (unpaired) electrons. The van der Waals surface area contributed by atoms with E-state index in [-0.39, 0.29) is 18.9 Å². The lowest BCUT2D eigenvalue weighted by Crippen LogP contribution is -2.28. The summed E-state index contributed by atoms with van der Waals surface area (Å²) in [5, 5.41) is 2.10. The van der Waals surface area contributed by atoms with Gasteiger partial charge in [0.1, 0.15) is 0 Å². The number of alkyl halides is 3. The number of carbonyl (C=O) groups excluding carboxylic acids is 3. The molecule has 1 N–H and O–H groups in total. The smallest absolute Gasteiger partial charge is 0.418 e. The number of rotatable bonds is 5. The van der Waals surface area contributed by atoms with Crippen LogP contribution in [0.15, 0.2) is 48.5 Å². The first-order valence-corrected chi connectivity index (χ1v) is 9.15. The lowest BCUT2D eigenvalue weighted by Gasteiger charge is -2.17. The van der Waals surface area contributed by atoms with Crippen LogP contribution in [0.1, 0.15) is 17.5 Å². The molecule has 0 aromatic heterocycles. The number of esters is 1. The maximum Gasteiger partial charge on any atom is 0.418 e. The van der Waals surface area contributed by atoms with Gasteiger partial charge in [-0.15, -0.1) is 0 Å². The minimum Gasteiger partial charge on any atom is -0.455 e. The maximum atomic E-state index is 13.0. The number of nitrogens with one attached hydrogen (secondary N) is 1. The van der Waals surface area contributed by atoms with Gasteiger partial charge < -0.3 is 15.0 Å². The lowest BCUT2D eigenvalue weighted by molar-refractivity contribution is -0.151. The Morgan fingerprint density at radius 3 is 2.47 bits per heavy atom. The lowest BCUT2D eigenvalue weighted by atomic mass is 10.1. The molecule has 2 aromatic rings. The molecule has 3 rings (SSSR count). The zero-order valence-electron chi connectivity index (χ0n) is 16.0. The highest BCUT2D eigenvalue weighted by molar-refractivity contribution is 6.00. The van der Waals surface area contributed by atoms with E-state index in [4.69, 9.17) is 4.74 Å². The molecule has 1 fully saturated rings. The van der Waals surface area contributed by atoms with Crippen LogP contribution in [-0.2, 0) is 25.3 Å². The van der Waals surface area contributed by atoms with Crippen LogP contribution in [0, 0.1) is 12.8 Å². The van der Waals surface area contributed by atoms with Crippen molar-refractivity contribution >= 4 is 29.2 Å². The van der Waals surface area contributed by atoms with Crippen LogP contribution in [-0.4, -0.2) is 30.9 Å². The molecule has 2 amide bonds. The molecule has 1 heterocycles. The Labute approximate surface area is 170 Å². The molecule has 1 saturated heterocycles. The van der Waals surface area contributed by atoms with E-state index in [1.54, 1.807) is 12.1 Å². The molecule has 1 unspecified atom stereocenters. The third-order valence-corrected chi connectivity index (χ3v) is 4.66. The molecular weight excluding hydrogens is 401 g/mol. The monoisotopic (exact) mass is 420 g/mol. The number of benzene rings is 2. The average molecular weight is 420 g/mol. The number of hydrogen-bond acceptors (Lipinski definition) is 4. The number of amides is 2. The van der Waals surface area contributed by atoms with Crippen molar-refractivity contribution < 1.29 is 32.3 Å². The SMILES string of the molecule is Cc1ccc(N2CC(C(=O)OCC(=O)Nc3ccccc3C(F)(F)F)CC2=O)cc1. The van der Waals surface area contributed by atoms with E-state index in [0.29, 0.717) is 5.69 Å². The van der Waals surface area contributed by atoms with E-state index in [1.807, 2.05) is 19.1 Å². The van der Waals surface area contributed by atoms with Gasteiger partial charge >= 0.3 is 12.1 Å². The fourth-order valence-corrected chi connectivity index (χ4v) is 3.12. The number of ether oxygens (including phenoxy) is 1. The number of carbonyl (C=O) groups is 3. The predicted molar refractivity (Wildman–Crippen MR) is 103 cm³/mol. The van der Waals surface area contributed by atoms with Crippen molar-refractivity contribution in [1.29, 1.82) is 0 Å². The van der Waals surface area contributed by atoms with E-state index >= 15 is 0 Å². The summed E-state index contributed by atoms with van der Waals surface area (Å²) in [4.78, 5) is 37.9. The molecule has 6 nitrogen and oxygen atoms in total. The molecule has 9 heteroatoms. The zero-order chi connectivity index (χ0) is 21.9. The number of para-hydroxylation sites is 1. The maximum absolute atomic E-state index is 13.0. The molecule has 0 saturated carbocycles. The van der Waals surface area contributed by atoms with Gasteiger partial charge in [-0.1, -0.05) is 29.8 Å². The second-order valence-electron chi connectivity index (χ2n) is 6.94. The summed E-state index contributed by atoms with van der Waals surface area (Å²) in [6, 6.07) is 11.7. The fourth-order valence-electron chi connectivity index (χ4n) is 3.12. The number of aryl methyl sites for hydroxylation is 1. The summed E-state index contributed by atoms with van der Waals surface area (Å²) in [6.07, 6.45) is -4.70. The molecule has 0 bridgehead atoms. The van der Waals surface area contributed by atoms with Gasteiger partial charge in [0.25, 0.3) is 5.91 Å². The first kappa shape index (κ1) is 21.4. The highest BCUT2D eigenvalue weighted by Gasteiger charge is 2.37. The quantitative estimate of drug-likeness (QED) is 0.751. The summed E-state index contributed by atoms with van der Waals surface area (Å²) < 4.78 is 43.9. The van der Waals surface area contributed by atoms with Crippen LogP contribution in [0.2, 0.25) is 0 Å². The van der Waals surface area contributed by atoms with E-state index in [2.05, 4.69) is 5.32 Å². The van der Waals surface area contributed by atoms with Crippen LogP contribution in [0.5, 0.6) is 0 Å². The molecule has 0 aliphatic carbocycles. The largest absolute Gasteiger partial charge is 0.455 e. The van der Waals surface area contributed by atoms with Crippen molar-refractivity contribution in [2.75, 3.05) is 23.4 Å². The van der Waals surface area contributed by atoms with Crippen molar-refractivity contribution in [3.63, 3.8) is 0 Å².